The molecule has 1 saturated heterocycles. The third-order valence-electron chi connectivity index (χ3n) is 5.06. The summed E-state index contributed by atoms with van der Waals surface area (Å²) in [6, 6.07) is 14.8. The number of benzene rings is 2. The Bertz CT molecular complexity index is 939. The Kier molecular flexibility index (Phi) is 5.16. The second-order valence-electron chi connectivity index (χ2n) is 7.09. The molecule has 6 heteroatoms. The van der Waals surface area contributed by atoms with Gasteiger partial charge in [0.15, 0.2) is 0 Å². The number of carbonyl (C=O) groups is 1. The van der Waals surface area contributed by atoms with Gasteiger partial charge in [0.25, 0.3) is 0 Å². The van der Waals surface area contributed by atoms with Crippen LogP contribution in [-0.4, -0.2) is 39.5 Å². The number of nitrogens with zero attached hydrogens (tertiary/aromatic N) is 3. The van der Waals surface area contributed by atoms with Crippen molar-refractivity contribution in [2.45, 2.75) is 32.0 Å². The van der Waals surface area contributed by atoms with Gasteiger partial charge >= 0.3 is 0 Å². The van der Waals surface area contributed by atoms with Crippen molar-refractivity contribution in [2.75, 3.05) is 13.1 Å². The van der Waals surface area contributed by atoms with Crippen molar-refractivity contribution < 1.29 is 9.18 Å². The van der Waals surface area contributed by atoms with Crippen LogP contribution in [0, 0.1) is 5.82 Å². The largest absolute Gasteiger partial charge is 0.351 e. The van der Waals surface area contributed by atoms with E-state index in [0.717, 1.165) is 37.0 Å². The van der Waals surface area contributed by atoms with E-state index in [4.69, 9.17) is 0 Å². The standard InChI is InChI=1S/C21H23FN4O/c22-18-8-2-1-6-16(18)12-25-11-5-7-17(13-25)24-21(27)14-26-15-23-19-9-3-4-10-20(19)26/h1-4,6,8-10,15,17H,5,7,11-14H2,(H,24,27). The number of halogens is 1. The maximum atomic E-state index is 13.9. The van der Waals surface area contributed by atoms with Gasteiger partial charge in [0.1, 0.15) is 12.4 Å². The first-order valence-electron chi connectivity index (χ1n) is 9.34. The topological polar surface area (TPSA) is 50.2 Å². The molecule has 1 aliphatic heterocycles. The van der Waals surface area contributed by atoms with E-state index in [9.17, 15) is 9.18 Å². The Labute approximate surface area is 157 Å². The Morgan fingerprint density at radius 1 is 1.19 bits per heavy atom. The highest BCUT2D eigenvalue weighted by Crippen LogP contribution is 2.16. The molecule has 1 fully saturated rings. The number of para-hydroxylation sites is 2. The van der Waals surface area contributed by atoms with E-state index in [0.29, 0.717) is 12.1 Å². The molecule has 5 nitrogen and oxygen atoms in total. The summed E-state index contributed by atoms with van der Waals surface area (Å²) in [7, 11) is 0. The molecule has 1 atom stereocenters. The van der Waals surface area contributed by atoms with Crippen molar-refractivity contribution in [1.82, 2.24) is 19.8 Å². The van der Waals surface area contributed by atoms with Gasteiger partial charge in [0.05, 0.1) is 17.4 Å². The molecule has 1 unspecified atom stereocenters. The average molecular weight is 366 g/mol. The number of hydrogen-bond donors (Lipinski definition) is 1. The number of nitrogens with one attached hydrogen (secondary N) is 1. The van der Waals surface area contributed by atoms with Crippen LogP contribution in [0.2, 0.25) is 0 Å². The molecule has 2 aromatic carbocycles. The van der Waals surface area contributed by atoms with Gasteiger partial charge in [-0.15, -0.1) is 0 Å². The monoisotopic (exact) mass is 366 g/mol. The van der Waals surface area contributed by atoms with E-state index in [1.165, 1.54) is 6.07 Å². The van der Waals surface area contributed by atoms with Crippen LogP contribution in [0.5, 0.6) is 0 Å². The average Bonchev–Trinajstić information content (AvgIpc) is 3.07. The lowest BCUT2D eigenvalue weighted by atomic mass is 10.0. The van der Waals surface area contributed by atoms with Crippen molar-refractivity contribution in [3.63, 3.8) is 0 Å². The minimum Gasteiger partial charge on any atom is -0.351 e. The highest BCUT2D eigenvalue weighted by atomic mass is 19.1. The molecule has 3 aromatic rings. The van der Waals surface area contributed by atoms with E-state index in [1.54, 1.807) is 12.4 Å². The Hall–Kier alpha value is -2.73. The molecule has 1 aromatic heterocycles. The Morgan fingerprint density at radius 3 is 2.89 bits per heavy atom. The van der Waals surface area contributed by atoms with E-state index in [2.05, 4.69) is 15.2 Å². The van der Waals surface area contributed by atoms with Crippen LogP contribution in [0.4, 0.5) is 4.39 Å². The number of likely N-dealkylation sites (tertiary alicyclic amines) is 1. The van der Waals surface area contributed by atoms with Crippen LogP contribution < -0.4 is 5.32 Å². The van der Waals surface area contributed by atoms with Gasteiger partial charge in [-0.05, 0) is 37.6 Å². The highest BCUT2D eigenvalue weighted by molar-refractivity contribution is 5.80. The fourth-order valence-electron chi connectivity index (χ4n) is 3.75. The van der Waals surface area contributed by atoms with Crippen molar-refractivity contribution in [3.8, 4) is 0 Å². The number of fused-ring (bicyclic) bond motifs is 1. The number of rotatable bonds is 5. The van der Waals surface area contributed by atoms with E-state index >= 15 is 0 Å². The number of carbonyl (C=O) groups excluding carboxylic acids is 1. The lowest BCUT2D eigenvalue weighted by Gasteiger charge is -2.33. The minimum absolute atomic E-state index is 0.0177. The summed E-state index contributed by atoms with van der Waals surface area (Å²) in [6.07, 6.45) is 3.65. The van der Waals surface area contributed by atoms with Crippen LogP contribution in [0.15, 0.2) is 54.9 Å². The first kappa shape index (κ1) is 17.7. The van der Waals surface area contributed by atoms with Crippen LogP contribution in [-0.2, 0) is 17.9 Å². The normalized spacial score (nSPS) is 17.9. The molecule has 0 bridgehead atoms. The van der Waals surface area contributed by atoms with Crippen molar-refractivity contribution >= 4 is 16.9 Å². The molecular weight excluding hydrogens is 343 g/mol. The Morgan fingerprint density at radius 2 is 2.00 bits per heavy atom. The summed E-state index contributed by atoms with van der Waals surface area (Å²) in [6.45, 7) is 2.49. The third-order valence-corrected chi connectivity index (χ3v) is 5.06. The number of aromatic nitrogens is 2. The van der Waals surface area contributed by atoms with Gasteiger partial charge in [0.2, 0.25) is 5.91 Å². The molecule has 2 heterocycles. The molecule has 0 spiro atoms. The first-order chi connectivity index (χ1) is 13.2. The van der Waals surface area contributed by atoms with Gasteiger partial charge in [0, 0.05) is 24.7 Å². The summed E-state index contributed by atoms with van der Waals surface area (Å²) in [5.74, 6) is -0.188. The lowest BCUT2D eigenvalue weighted by molar-refractivity contribution is -0.122. The van der Waals surface area contributed by atoms with E-state index < -0.39 is 0 Å². The number of hydrogen-bond acceptors (Lipinski definition) is 3. The Balaban J connectivity index is 1.35. The molecule has 27 heavy (non-hydrogen) atoms. The summed E-state index contributed by atoms with van der Waals surface area (Å²) in [5.41, 5.74) is 2.55. The molecule has 0 saturated carbocycles. The van der Waals surface area contributed by atoms with Gasteiger partial charge in [-0.2, -0.15) is 0 Å². The highest BCUT2D eigenvalue weighted by Gasteiger charge is 2.22. The van der Waals surface area contributed by atoms with Gasteiger partial charge in [-0.1, -0.05) is 30.3 Å². The fourth-order valence-corrected chi connectivity index (χ4v) is 3.75. The first-order valence-corrected chi connectivity index (χ1v) is 9.34. The SMILES string of the molecule is O=C(Cn1cnc2ccccc21)NC1CCCN(Cc2ccccc2F)C1. The van der Waals surface area contributed by atoms with E-state index in [-0.39, 0.29) is 24.3 Å². The zero-order valence-corrected chi connectivity index (χ0v) is 15.1. The molecule has 1 amide bonds. The van der Waals surface area contributed by atoms with Crippen LogP contribution in [0.1, 0.15) is 18.4 Å². The zero-order chi connectivity index (χ0) is 18.6. The maximum Gasteiger partial charge on any atom is 0.240 e. The third kappa shape index (κ3) is 4.17. The van der Waals surface area contributed by atoms with Crippen LogP contribution in [0.25, 0.3) is 11.0 Å². The molecular formula is C21H23FN4O. The molecule has 0 aliphatic carbocycles. The number of piperidine rings is 1. The summed E-state index contributed by atoms with van der Waals surface area (Å²) >= 11 is 0. The molecule has 0 radical (unpaired) electrons. The van der Waals surface area contributed by atoms with Gasteiger partial charge < -0.3 is 9.88 Å². The van der Waals surface area contributed by atoms with Crippen LogP contribution >= 0.6 is 0 Å². The second kappa shape index (κ2) is 7.88. The predicted molar refractivity (Wildman–Crippen MR) is 103 cm³/mol. The molecule has 1 aliphatic rings. The van der Waals surface area contributed by atoms with Crippen LogP contribution in [0.3, 0.4) is 0 Å². The fraction of sp³-hybridized carbons (Fsp3) is 0.333. The lowest BCUT2D eigenvalue weighted by Crippen LogP contribution is -2.48. The summed E-state index contributed by atoms with van der Waals surface area (Å²) < 4.78 is 15.8. The maximum absolute atomic E-state index is 13.9. The smallest absolute Gasteiger partial charge is 0.240 e. The summed E-state index contributed by atoms with van der Waals surface area (Å²) in [4.78, 5) is 19.0. The van der Waals surface area contributed by atoms with Crippen molar-refractivity contribution in [3.05, 3.63) is 66.2 Å². The quantitative estimate of drug-likeness (QED) is 0.755. The van der Waals surface area contributed by atoms with Gasteiger partial charge in [-0.25, -0.2) is 9.37 Å². The molecule has 4 rings (SSSR count). The predicted octanol–water partition coefficient (Wildman–Crippen LogP) is 2.96. The van der Waals surface area contributed by atoms with Gasteiger partial charge in [-0.3, -0.25) is 9.69 Å². The van der Waals surface area contributed by atoms with Crippen molar-refractivity contribution in [1.29, 1.82) is 0 Å². The van der Waals surface area contributed by atoms with Crippen molar-refractivity contribution in [2.24, 2.45) is 0 Å². The number of amides is 1. The summed E-state index contributed by atoms with van der Waals surface area (Å²) in [5, 5.41) is 3.13. The van der Waals surface area contributed by atoms with E-state index in [1.807, 2.05) is 41.0 Å². The number of imidazole rings is 1. The molecule has 140 valence electrons. The minimum atomic E-state index is -0.171. The zero-order valence-electron chi connectivity index (χ0n) is 15.1. The second-order valence-corrected chi connectivity index (χ2v) is 7.09. The molecule has 1 N–H and O–H groups in total.